The highest BCUT2D eigenvalue weighted by atomic mass is 79.9. The maximum absolute atomic E-state index is 12.5. The fourth-order valence-electron chi connectivity index (χ4n) is 2.79. The Morgan fingerprint density at radius 3 is 2.39 bits per heavy atom. The van der Waals surface area contributed by atoms with Crippen molar-refractivity contribution in [1.29, 1.82) is 5.26 Å². The number of nitrogens with zero attached hydrogens (tertiary/aromatic N) is 1. The number of benzene rings is 3. The Morgan fingerprint density at radius 2 is 1.79 bits per heavy atom. The third kappa shape index (κ3) is 6.69. The van der Waals surface area contributed by atoms with Crippen LogP contribution in [0.15, 0.2) is 76.8 Å². The summed E-state index contributed by atoms with van der Waals surface area (Å²) in [6, 6.07) is 20.7. The van der Waals surface area contributed by atoms with E-state index in [1.807, 2.05) is 18.2 Å². The molecule has 166 valence electrons. The van der Waals surface area contributed by atoms with Crippen LogP contribution in [0.5, 0.6) is 5.75 Å². The predicted molar refractivity (Wildman–Crippen MR) is 130 cm³/mol. The molecule has 0 aromatic heterocycles. The molecule has 6 nitrogen and oxygen atoms in total. The van der Waals surface area contributed by atoms with E-state index >= 15 is 0 Å². The summed E-state index contributed by atoms with van der Waals surface area (Å²) in [5.41, 5.74) is 2.34. The lowest BCUT2D eigenvalue weighted by Gasteiger charge is -2.09. The monoisotopic (exact) mass is 524 g/mol. The number of carbonyl (C=O) groups excluding carboxylic acids is 2. The summed E-state index contributed by atoms with van der Waals surface area (Å²) in [5, 5.41) is 12.7. The molecular weight excluding hydrogens is 508 g/mol. The van der Waals surface area contributed by atoms with Crippen LogP contribution in [-0.2, 0) is 16.1 Å². The average molecular weight is 526 g/mol. The quantitative estimate of drug-likeness (QED) is 0.232. The number of anilines is 1. The van der Waals surface area contributed by atoms with Gasteiger partial charge in [0.2, 0.25) is 0 Å². The van der Waals surface area contributed by atoms with E-state index in [4.69, 9.17) is 16.3 Å². The van der Waals surface area contributed by atoms with Gasteiger partial charge in [-0.3, -0.25) is 4.79 Å². The molecule has 3 aromatic carbocycles. The molecule has 0 saturated carbocycles. The normalized spacial score (nSPS) is 10.8. The van der Waals surface area contributed by atoms with Gasteiger partial charge in [-0.1, -0.05) is 29.8 Å². The number of methoxy groups -OCH3 is 1. The van der Waals surface area contributed by atoms with Crippen molar-refractivity contribution in [1.82, 2.24) is 0 Å². The first-order valence-corrected chi connectivity index (χ1v) is 10.8. The Hall–Kier alpha value is -3.60. The molecule has 3 aromatic rings. The Kier molecular flexibility index (Phi) is 8.25. The number of amides is 1. The second kappa shape index (κ2) is 11.3. The van der Waals surface area contributed by atoms with Crippen LogP contribution in [0.3, 0.4) is 0 Å². The lowest BCUT2D eigenvalue weighted by molar-refractivity contribution is -0.112. The first-order chi connectivity index (χ1) is 15.9. The van der Waals surface area contributed by atoms with Gasteiger partial charge in [-0.15, -0.1) is 0 Å². The minimum Gasteiger partial charge on any atom is -0.488 e. The number of hydrogen-bond acceptors (Lipinski definition) is 5. The van der Waals surface area contributed by atoms with Crippen molar-refractivity contribution in [2.24, 2.45) is 0 Å². The van der Waals surface area contributed by atoms with E-state index in [1.54, 1.807) is 42.5 Å². The summed E-state index contributed by atoms with van der Waals surface area (Å²) in [7, 11) is 1.29. The zero-order chi connectivity index (χ0) is 23.8. The number of esters is 1. The first kappa shape index (κ1) is 24.1. The minimum atomic E-state index is -0.567. The minimum absolute atomic E-state index is 0.0752. The number of carbonyl (C=O) groups is 2. The van der Waals surface area contributed by atoms with E-state index in [1.165, 1.54) is 25.3 Å². The molecular formula is C25H18BrClN2O4. The van der Waals surface area contributed by atoms with Crippen molar-refractivity contribution in [2.45, 2.75) is 6.61 Å². The van der Waals surface area contributed by atoms with Crippen molar-refractivity contribution in [3.05, 3.63) is 98.5 Å². The van der Waals surface area contributed by atoms with Crippen LogP contribution in [0.2, 0.25) is 5.02 Å². The van der Waals surface area contributed by atoms with E-state index < -0.39 is 11.9 Å². The summed E-state index contributed by atoms with van der Waals surface area (Å²) < 4.78 is 11.1. The second-order valence-corrected chi connectivity index (χ2v) is 8.09. The molecule has 0 aliphatic carbocycles. The van der Waals surface area contributed by atoms with Crippen LogP contribution in [0, 0.1) is 11.3 Å². The number of rotatable bonds is 7. The lowest BCUT2D eigenvalue weighted by Crippen LogP contribution is -2.13. The highest BCUT2D eigenvalue weighted by Crippen LogP contribution is 2.28. The van der Waals surface area contributed by atoms with Crippen molar-refractivity contribution < 1.29 is 19.1 Å². The Bertz CT molecular complexity index is 1230. The number of nitriles is 1. The number of nitrogens with one attached hydrogen (secondary N) is 1. The lowest BCUT2D eigenvalue weighted by atomic mass is 10.1. The van der Waals surface area contributed by atoms with Crippen LogP contribution in [0.4, 0.5) is 5.69 Å². The Labute approximate surface area is 204 Å². The van der Waals surface area contributed by atoms with Crippen LogP contribution in [0.1, 0.15) is 21.5 Å². The van der Waals surface area contributed by atoms with E-state index in [2.05, 4.69) is 26.0 Å². The van der Waals surface area contributed by atoms with Gasteiger partial charge in [0, 0.05) is 10.7 Å². The molecule has 0 unspecified atom stereocenters. The van der Waals surface area contributed by atoms with Gasteiger partial charge in [0.1, 0.15) is 24.0 Å². The van der Waals surface area contributed by atoms with Gasteiger partial charge in [0.25, 0.3) is 5.91 Å². The molecule has 3 rings (SSSR count). The molecule has 33 heavy (non-hydrogen) atoms. The standard InChI is InChI=1S/C25H18BrClN2O4/c1-32-25(31)18-5-9-21(10-6-18)29-24(30)19(14-28)12-17-4-11-23(22(26)13-17)33-15-16-2-7-20(27)8-3-16/h2-13H,15H2,1H3,(H,29,30)/b19-12+. The third-order valence-corrected chi connectivity index (χ3v) is 5.38. The van der Waals surface area contributed by atoms with E-state index in [0.717, 1.165) is 5.56 Å². The largest absolute Gasteiger partial charge is 0.488 e. The van der Waals surface area contributed by atoms with Crippen molar-refractivity contribution >= 4 is 51.2 Å². The molecule has 0 aliphatic heterocycles. The van der Waals surface area contributed by atoms with Crippen LogP contribution < -0.4 is 10.1 Å². The maximum atomic E-state index is 12.5. The predicted octanol–water partition coefficient (Wildman–Crippen LogP) is 6.01. The fourth-order valence-corrected chi connectivity index (χ4v) is 3.42. The van der Waals surface area contributed by atoms with Crippen molar-refractivity contribution in [3.63, 3.8) is 0 Å². The van der Waals surface area contributed by atoms with Gasteiger partial charge in [-0.25, -0.2) is 4.79 Å². The van der Waals surface area contributed by atoms with Gasteiger partial charge in [-0.2, -0.15) is 5.26 Å². The average Bonchev–Trinajstić information content (AvgIpc) is 2.83. The summed E-state index contributed by atoms with van der Waals surface area (Å²) in [4.78, 5) is 24.0. The third-order valence-electron chi connectivity index (χ3n) is 4.50. The molecule has 1 amide bonds. The van der Waals surface area contributed by atoms with E-state index in [9.17, 15) is 14.9 Å². The van der Waals surface area contributed by atoms with Gasteiger partial charge in [0.15, 0.2) is 0 Å². The molecule has 0 spiro atoms. The van der Waals surface area contributed by atoms with E-state index in [-0.39, 0.29) is 5.57 Å². The van der Waals surface area contributed by atoms with Gasteiger partial charge < -0.3 is 14.8 Å². The smallest absolute Gasteiger partial charge is 0.337 e. The fraction of sp³-hybridized carbons (Fsp3) is 0.0800. The van der Waals surface area contributed by atoms with Crippen LogP contribution >= 0.6 is 27.5 Å². The number of hydrogen-bond donors (Lipinski definition) is 1. The maximum Gasteiger partial charge on any atom is 0.337 e. The molecule has 0 fully saturated rings. The summed E-state index contributed by atoms with van der Waals surface area (Å²) in [5.74, 6) is -0.421. The molecule has 0 radical (unpaired) electrons. The van der Waals surface area contributed by atoms with Gasteiger partial charge >= 0.3 is 5.97 Å². The summed E-state index contributed by atoms with van der Waals surface area (Å²) in [6.07, 6.45) is 1.48. The summed E-state index contributed by atoms with van der Waals surface area (Å²) in [6.45, 7) is 0.367. The number of halogens is 2. The molecule has 0 aliphatic rings. The topological polar surface area (TPSA) is 88.4 Å². The molecule has 0 saturated heterocycles. The van der Waals surface area contributed by atoms with Crippen molar-refractivity contribution in [2.75, 3.05) is 12.4 Å². The molecule has 0 atom stereocenters. The second-order valence-electron chi connectivity index (χ2n) is 6.80. The molecule has 0 heterocycles. The zero-order valence-corrected chi connectivity index (χ0v) is 19.8. The molecule has 8 heteroatoms. The van der Waals surface area contributed by atoms with Gasteiger partial charge in [-0.05, 0) is 81.7 Å². The molecule has 0 bridgehead atoms. The Balaban J connectivity index is 1.67. The zero-order valence-electron chi connectivity index (χ0n) is 17.5. The van der Waals surface area contributed by atoms with Crippen LogP contribution in [-0.4, -0.2) is 19.0 Å². The SMILES string of the molecule is COC(=O)c1ccc(NC(=O)/C(C#N)=C/c2ccc(OCc3ccc(Cl)cc3)c(Br)c2)cc1. The first-order valence-electron chi connectivity index (χ1n) is 9.68. The molecule has 1 N–H and O–H groups in total. The van der Waals surface area contributed by atoms with Gasteiger partial charge in [0.05, 0.1) is 17.1 Å². The van der Waals surface area contributed by atoms with Crippen LogP contribution in [0.25, 0.3) is 6.08 Å². The highest BCUT2D eigenvalue weighted by Gasteiger charge is 2.12. The van der Waals surface area contributed by atoms with Crippen molar-refractivity contribution in [3.8, 4) is 11.8 Å². The summed E-state index contributed by atoms with van der Waals surface area (Å²) >= 11 is 9.36. The Morgan fingerprint density at radius 1 is 1.09 bits per heavy atom. The number of ether oxygens (including phenoxy) is 2. The highest BCUT2D eigenvalue weighted by molar-refractivity contribution is 9.10. The van der Waals surface area contributed by atoms with E-state index in [0.29, 0.717) is 38.7 Å².